The highest BCUT2D eigenvalue weighted by Crippen LogP contribution is 2.44. The SMILES string of the molecule is COc1ccc(C23Cn4c(C#N)ccc4C(=O)N2CCN3C(=O)c2conc2C)cn1. The molecular weight excluding hydrogens is 400 g/mol. The van der Waals surface area contributed by atoms with Crippen molar-refractivity contribution < 1.29 is 18.8 Å². The number of methoxy groups -OCH3 is 1. The van der Waals surface area contributed by atoms with Crippen LogP contribution in [0.3, 0.4) is 0 Å². The van der Waals surface area contributed by atoms with Crippen molar-refractivity contribution >= 4 is 11.8 Å². The first kappa shape index (κ1) is 18.9. The van der Waals surface area contributed by atoms with Crippen LogP contribution < -0.4 is 4.74 Å². The number of rotatable bonds is 3. The standard InChI is InChI=1S/C21H18N6O4/c1-13-16(11-31-24-13)19(28)26-7-8-27-20(29)17-5-4-15(9-22)25(17)12-21(26,27)14-3-6-18(30-2)23-10-14/h3-6,10-11H,7-8,12H2,1-2H3. The monoisotopic (exact) mass is 418 g/mol. The fraction of sp³-hybridized carbons (Fsp3) is 0.286. The third-order valence-electron chi connectivity index (χ3n) is 6.01. The van der Waals surface area contributed by atoms with Gasteiger partial charge >= 0.3 is 0 Å². The van der Waals surface area contributed by atoms with Gasteiger partial charge in [-0.25, -0.2) is 4.98 Å². The molecule has 0 saturated carbocycles. The molecule has 2 aliphatic rings. The van der Waals surface area contributed by atoms with Gasteiger partial charge in [0.1, 0.15) is 29.3 Å². The van der Waals surface area contributed by atoms with E-state index >= 15 is 0 Å². The normalized spacial score (nSPS) is 19.7. The van der Waals surface area contributed by atoms with Gasteiger partial charge in [-0.15, -0.1) is 0 Å². The number of ether oxygens (including phenoxy) is 1. The van der Waals surface area contributed by atoms with E-state index < -0.39 is 5.66 Å². The molecule has 0 spiro atoms. The van der Waals surface area contributed by atoms with E-state index in [1.54, 1.807) is 51.8 Å². The maximum absolute atomic E-state index is 13.6. The number of aromatic nitrogens is 3. The predicted molar refractivity (Wildman–Crippen MR) is 105 cm³/mol. The van der Waals surface area contributed by atoms with Gasteiger partial charge in [-0.05, 0) is 25.1 Å². The quantitative estimate of drug-likeness (QED) is 0.633. The Morgan fingerprint density at radius 2 is 2.13 bits per heavy atom. The van der Waals surface area contributed by atoms with Crippen LogP contribution in [0.15, 0.2) is 41.2 Å². The van der Waals surface area contributed by atoms with Gasteiger partial charge in [0.15, 0.2) is 5.66 Å². The van der Waals surface area contributed by atoms with E-state index in [1.807, 2.05) is 0 Å². The molecule has 2 aliphatic heterocycles. The Balaban J connectivity index is 1.72. The maximum Gasteiger partial charge on any atom is 0.272 e. The molecule has 0 N–H and O–H groups in total. The molecule has 10 heteroatoms. The average molecular weight is 418 g/mol. The van der Waals surface area contributed by atoms with Gasteiger partial charge in [-0.1, -0.05) is 5.16 Å². The summed E-state index contributed by atoms with van der Waals surface area (Å²) in [7, 11) is 1.52. The third-order valence-corrected chi connectivity index (χ3v) is 6.01. The van der Waals surface area contributed by atoms with E-state index in [1.165, 1.54) is 13.4 Å². The second kappa shape index (κ2) is 6.70. The minimum atomic E-state index is -1.16. The summed E-state index contributed by atoms with van der Waals surface area (Å²) in [4.78, 5) is 34.6. The summed E-state index contributed by atoms with van der Waals surface area (Å²) in [6, 6.07) is 8.87. The van der Waals surface area contributed by atoms with E-state index in [2.05, 4.69) is 16.2 Å². The molecule has 5 heterocycles. The zero-order chi connectivity index (χ0) is 21.8. The van der Waals surface area contributed by atoms with Crippen molar-refractivity contribution in [2.24, 2.45) is 0 Å². The van der Waals surface area contributed by atoms with Crippen molar-refractivity contribution in [3.63, 3.8) is 0 Å². The summed E-state index contributed by atoms with van der Waals surface area (Å²) in [6.07, 6.45) is 2.92. The second-order valence-electron chi connectivity index (χ2n) is 7.43. The first-order valence-corrected chi connectivity index (χ1v) is 9.66. The number of hydrogen-bond donors (Lipinski definition) is 0. The number of aryl methyl sites for hydroxylation is 1. The van der Waals surface area contributed by atoms with Crippen LogP contribution in [-0.2, 0) is 12.2 Å². The van der Waals surface area contributed by atoms with Crippen molar-refractivity contribution in [3.05, 3.63) is 64.9 Å². The lowest BCUT2D eigenvalue weighted by atomic mass is 9.95. The van der Waals surface area contributed by atoms with Gasteiger partial charge in [0.2, 0.25) is 5.88 Å². The van der Waals surface area contributed by atoms with Crippen LogP contribution in [-0.4, -0.2) is 56.5 Å². The highest BCUT2D eigenvalue weighted by atomic mass is 16.5. The van der Waals surface area contributed by atoms with E-state index in [9.17, 15) is 14.9 Å². The number of amides is 2. The Morgan fingerprint density at radius 3 is 2.77 bits per heavy atom. The van der Waals surface area contributed by atoms with Crippen LogP contribution in [0.25, 0.3) is 0 Å². The number of hydrogen-bond acceptors (Lipinski definition) is 7. The Kier molecular flexibility index (Phi) is 4.08. The molecule has 1 atom stereocenters. The molecule has 1 fully saturated rings. The van der Waals surface area contributed by atoms with E-state index in [-0.39, 0.29) is 18.4 Å². The second-order valence-corrected chi connectivity index (χ2v) is 7.43. The Hall–Kier alpha value is -4.13. The van der Waals surface area contributed by atoms with Gasteiger partial charge in [0.25, 0.3) is 11.8 Å². The third kappa shape index (κ3) is 2.49. The van der Waals surface area contributed by atoms with Crippen molar-refractivity contribution in [3.8, 4) is 11.9 Å². The minimum Gasteiger partial charge on any atom is -0.481 e. The fourth-order valence-electron chi connectivity index (χ4n) is 4.49. The molecule has 0 aliphatic carbocycles. The Labute approximate surface area is 177 Å². The Bertz CT molecular complexity index is 1240. The lowest BCUT2D eigenvalue weighted by Crippen LogP contribution is -2.60. The number of nitriles is 1. The molecule has 3 aromatic heterocycles. The lowest BCUT2D eigenvalue weighted by molar-refractivity contribution is -0.00632. The van der Waals surface area contributed by atoms with Gasteiger partial charge in [0, 0.05) is 30.9 Å². The molecule has 156 valence electrons. The van der Waals surface area contributed by atoms with Crippen LogP contribution >= 0.6 is 0 Å². The van der Waals surface area contributed by atoms with Crippen molar-refractivity contribution in [2.45, 2.75) is 19.1 Å². The molecule has 0 aromatic carbocycles. The highest BCUT2D eigenvalue weighted by molar-refractivity contribution is 5.99. The number of carbonyl (C=O) groups excluding carboxylic acids is 2. The molecule has 2 amide bonds. The maximum atomic E-state index is 13.6. The topological polar surface area (TPSA) is 117 Å². The van der Waals surface area contributed by atoms with Crippen LogP contribution in [0.1, 0.15) is 37.8 Å². The molecule has 3 aromatic rings. The largest absolute Gasteiger partial charge is 0.481 e. The number of carbonyl (C=O) groups is 2. The predicted octanol–water partition coefficient (Wildman–Crippen LogP) is 1.52. The molecule has 31 heavy (non-hydrogen) atoms. The fourth-order valence-corrected chi connectivity index (χ4v) is 4.49. The molecule has 0 radical (unpaired) electrons. The summed E-state index contributed by atoms with van der Waals surface area (Å²) in [6.45, 7) is 2.55. The summed E-state index contributed by atoms with van der Waals surface area (Å²) < 4.78 is 11.8. The summed E-state index contributed by atoms with van der Waals surface area (Å²) in [5.74, 6) is -0.140. The number of nitrogens with zero attached hydrogens (tertiary/aromatic N) is 6. The first-order valence-electron chi connectivity index (χ1n) is 9.66. The number of fused-ring (bicyclic) bond motifs is 2. The van der Waals surface area contributed by atoms with Gasteiger partial charge in [0.05, 0.1) is 19.3 Å². The molecule has 10 nitrogen and oxygen atoms in total. The minimum absolute atomic E-state index is 0.202. The summed E-state index contributed by atoms with van der Waals surface area (Å²) in [5, 5.41) is 13.4. The van der Waals surface area contributed by atoms with E-state index in [4.69, 9.17) is 9.26 Å². The molecule has 5 rings (SSSR count). The Morgan fingerprint density at radius 1 is 1.29 bits per heavy atom. The van der Waals surface area contributed by atoms with E-state index in [0.717, 1.165) is 0 Å². The van der Waals surface area contributed by atoms with Crippen LogP contribution in [0, 0.1) is 18.3 Å². The highest BCUT2D eigenvalue weighted by Gasteiger charge is 2.57. The van der Waals surface area contributed by atoms with Crippen molar-refractivity contribution in [1.82, 2.24) is 24.5 Å². The zero-order valence-electron chi connectivity index (χ0n) is 16.9. The van der Waals surface area contributed by atoms with Gasteiger partial charge < -0.3 is 23.6 Å². The first-order chi connectivity index (χ1) is 15.0. The zero-order valence-corrected chi connectivity index (χ0v) is 16.9. The van der Waals surface area contributed by atoms with Gasteiger partial charge in [-0.3, -0.25) is 9.59 Å². The number of pyridine rings is 1. The smallest absolute Gasteiger partial charge is 0.272 e. The van der Waals surface area contributed by atoms with Crippen LogP contribution in [0.4, 0.5) is 0 Å². The molecule has 1 unspecified atom stereocenters. The summed E-state index contributed by atoms with van der Waals surface area (Å²) >= 11 is 0. The lowest BCUT2D eigenvalue weighted by Gasteiger charge is -2.47. The molecule has 0 bridgehead atoms. The van der Waals surface area contributed by atoms with Gasteiger partial charge in [-0.2, -0.15) is 5.26 Å². The average Bonchev–Trinajstić information content (AvgIpc) is 3.50. The summed E-state index contributed by atoms with van der Waals surface area (Å²) in [5.41, 5.74) is 1.05. The van der Waals surface area contributed by atoms with Crippen LogP contribution in [0.5, 0.6) is 5.88 Å². The van der Waals surface area contributed by atoms with E-state index in [0.29, 0.717) is 47.2 Å². The molecule has 1 saturated heterocycles. The molecular formula is C21H18N6O4. The van der Waals surface area contributed by atoms with Crippen molar-refractivity contribution in [2.75, 3.05) is 20.2 Å². The van der Waals surface area contributed by atoms with Crippen LogP contribution in [0.2, 0.25) is 0 Å². The van der Waals surface area contributed by atoms with Crippen molar-refractivity contribution in [1.29, 1.82) is 5.26 Å².